The van der Waals surface area contributed by atoms with Crippen LogP contribution >= 0.6 is 11.6 Å². The molecule has 0 unspecified atom stereocenters. The molecule has 0 spiro atoms. The van der Waals surface area contributed by atoms with Gasteiger partial charge in [0, 0.05) is 11.6 Å². The largest absolute Gasteiger partial charge is 0.240 e. The summed E-state index contributed by atoms with van der Waals surface area (Å²) < 4.78 is 26.8. The van der Waals surface area contributed by atoms with E-state index in [-0.39, 0.29) is 11.4 Å². The lowest BCUT2D eigenvalue weighted by atomic mass is 10.2. The highest BCUT2D eigenvalue weighted by Gasteiger charge is 2.14. The lowest BCUT2D eigenvalue weighted by Crippen LogP contribution is -2.23. The fraction of sp³-hybridized carbons (Fsp3) is 0.143. The Morgan fingerprint density at radius 3 is 2.53 bits per heavy atom. The van der Waals surface area contributed by atoms with Crippen LogP contribution < -0.4 is 4.72 Å². The number of benzene rings is 2. The molecule has 0 aliphatic rings. The molecule has 2 aromatic carbocycles. The molecule has 0 aromatic heterocycles. The minimum atomic E-state index is -3.51. The summed E-state index contributed by atoms with van der Waals surface area (Å²) in [7, 11) is -3.51. The molecule has 0 aliphatic heterocycles. The summed E-state index contributed by atoms with van der Waals surface area (Å²) in [6, 6.07) is 13.9. The fourth-order valence-corrected chi connectivity index (χ4v) is 2.99. The van der Waals surface area contributed by atoms with E-state index in [0.29, 0.717) is 5.02 Å². The zero-order valence-corrected chi connectivity index (χ0v) is 12.0. The number of nitrogens with one attached hydrogen (secondary N) is 1. The summed E-state index contributed by atoms with van der Waals surface area (Å²) in [5.74, 6) is 0. The molecule has 2 aromatic rings. The second-order valence-electron chi connectivity index (χ2n) is 4.23. The maximum Gasteiger partial charge on any atom is 0.240 e. The number of halogens is 1. The van der Waals surface area contributed by atoms with E-state index in [2.05, 4.69) is 4.72 Å². The van der Waals surface area contributed by atoms with Gasteiger partial charge in [0.15, 0.2) is 0 Å². The number of rotatable bonds is 4. The average molecular weight is 296 g/mol. The smallest absolute Gasteiger partial charge is 0.207 e. The molecule has 100 valence electrons. The minimum Gasteiger partial charge on any atom is -0.207 e. The predicted octanol–water partition coefficient (Wildman–Crippen LogP) is 3.13. The van der Waals surface area contributed by atoms with Crippen LogP contribution in [-0.2, 0) is 16.6 Å². The lowest BCUT2D eigenvalue weighted by molar-refractivity contribution is 0.581. The van der Waals surface area contributed by atoms with Gasteiger partial charge in [0.25, 0.3) is 0 Å². The van der Waals surface area contributed by atoms with Crippen molar-refractivity contribution >= 4 is 21.6 Å². The first-order valence-electron chi connectivity index (χ1n) is 5.79. The van der Waals surface area contributed by atoms with Crippen molar-refractivity contribution in [2.75, 3.05) is 0 Å². The third kappa shape index (κ3) is 3.56. The Morgan fingerprint density at radius 1 is 1.11 bits per heavy atom. The Labute approximate surface area is 118 Å². The van der Waals surface area contributed by atoms with Gasteiger partial charge in [-0.2, -0.15) is 0 Å². The third-order valence-corrected chi connectivity index (χ3v) is 4.48. The van der Waals surface area contributed by atoms with Gasteiger partial charge in [0.1, 0.15) is 0 Å². The van der Waals surface area contributed by atoms with Gasteiger partial charge < -0.3 is 0 Å². The van der Waals surface area contributed by atoms with Crippen molar-refractivity contribution < 1.29 is 8.42 Å². The van der Waals surface area contributed by atoms with E-state index in [1.54, 1.807) is 36.4 Å². The summed E-state index contributed by atoms with van der Waals surface area (Å²) in [5.41, 5.74) is 1.65. The van der Waals surface area contributed by atoms with E-state index in [0.717, 1.165) is 11.1 Å². The molecule has 0 heterocycles. The highest BCUT2D eigenvalue weighted by molar-refractivity contribution is 7.89. The quantitative estimate of drug-likeness (QED) is 0.942. The van der Waals surface area contributed by atoms with Crippen LogP contribution in [0.5, 0.6) is 0 Å². The van der Waals surface area contributed by atoms with Gasteiger partial charge in [-0.05, 0) is 36.2 Å². The number of aryl methyl sites for hydroxylation is 1. The van der Waals surface area contributed by atoms with Crippen LogP contribution in [0.1, 0.15) is 11.1 Å². The Kier molecular flexibility index (Phi) is 4.24. The first-order valence-corrected chi connectivity index (χ1v) is 7.65. The van der Waals surface area contributed by atoms with Crippen molar-refractivity contribution in [3.05, 3.63) is 64.7 Å². The fourth-order valence-electron chi connectivity index (χ4n) is 1.68. The molecule has 5 heteroatoms. The summed E-state index contributed by atoms with van der Waals surface area (Å²) in [5, 5.41) is 0.550. The second-order valence-corrected chi connectivity index (χ2v) is 6.41. The van der Waals surface area contributed by atoms with Gasteiger partial charge in [-0.15, -0.1) is 0 Å². The predicted molar refractivity (Wildman–Crippen MR) is 76.7 cm³/mol. The zero-order valence-electron chi connectivity index (χ0n) is 10.4. The zero-order chi connectivity index (χ0) is 13.9. The van der Waals surface area contributed by atoms with E-state index in [1.807, 2.05) is 19.1 Å². The number of hydrogen-bond donors (Lipinski definition) is 1. The lowest BCUT2D eigenvalue weighted by Gasteiger charge is -2.08. The van der Waals surface area contributed by atoms with E-state index < -0.39 is 10.0 Å². The Balaban J connectivity index is 2.17. The number of hydrogen-bond acceptors (Lipinski definition) is 2. The van der Waals surface area contributed by atoms with Crippen molar-refractivity contribution in [2.24, 2.45) is 0 Å². The Hall–Kier alpha value is -1.36. The van der Waals surface area contributed by atoms with Crippen LogP contribution in [0.15, 0.2) is 53.4 Å². The molecule has 0 bridgehead atoms. The molecule has 0 saturated heterocycles. The highest BCUT2D eigenvalue weighted by Crippen LogP contribution is 2.16. The van der Waals surface area contributed by atoms with Gasteiger partial charge in [0.2, 0.25) is 10.0 Å². The van der Waals surface area contributed by atoms with Gasteiger partial charge in [0.05, 0.1) is 4.90 Å². The molecule has 0 aliphatic carbocycles. The molecule has 19 heavy (non-hydrogen) atoms. The summed E-state index contributed by atoms with van der Waals surface area (Å²) in [6.45, 7) is 2.03. The van der Waals surface area contributed by atoms with E-state index >= 15 is 0 Å². The van der Waals surface area contributed by atoms with Crippen LogP contribution in [0.3, 0.4) is 0 Å². The Morgan fingerprint density at radius 2 is 1.84 bits per heavy atom. The molecule has 0 atom stereocenters. The SMILES string of the molecule is Cc1cccc(S(=O)(=O)NCc2ccccc2Cl)c1. The molecule has 0 radical (unpaired) electrons. The van der Waals surface area contributed by atoms with Crippen LogP contribution in [-0.4, -0.2) is 8.42 Å². The first kappa shape index (κ1) is 14.1. The average Bonchev–Trinajstić information content (AvgIpc) is 2.38. The maximum atomic E-state index is 12.1. The van der Waals surface area contributed by atoms with Crippen LogP contribution in [0.25, 0.3) is 0 Å². The van der Waals surface area contributed by atoms with Gasteiger partial charge in [-0.1, -0.05) is 41.9 Å². The van der Waals surface area contributed by atoms with Crippen LogP contribution in [0.2, 0.25) is 5.02 Å². The van der Waals surface area contributed by atoms with Crippen molar-refractivity contribution in [2.45, 2.75) is 18.4 Å². The van der Waals surface area contributed by atoms with E-state index in [1.165, 1.54) is 0 Å². The van der Waals surface area contributed by atoms with Gasteiger partial charge >= 0.3 is 0 Å². The molecule has 2 rings (SSSR count). The maximum absolute atomic E-state index is 12.1. The van der Waals surface area contributed by atoms with Gasteiger partial charge in [-0.25, -0.2) is 13.1 Å². The van der Waals surface area contributed by atoms with Crippen LogP contribution in [0.4, 0.5) is 0 Å². The third-order valence-electron chi connectivity index (χ3n) is 2.71. The Bertz CT molecular complexity index is 683. The van der Waals surface area contributed by atoms with E-state index in [4.69, 9.17) is 11.6 Å². The van der Waals surface area contributed by atoms with Crippen molar-refractivity contribution in [3.63, 3.8) is 0 Å². The summed E-state index contributed by atoms with van der Waals surface area (Å²) in [6.07, 6.45) is 0. The monoisotopic (exact) mass is 295 g/mol. The van der Waals surface area contributed by atoms with E-state index in [9.17, 15) is 8.42 Å². The summed E-state index contributed by atoms with van der Waals surface area (Å²) >= 11 is 5.99. The van der Waals surface area contributed by atoms with Crippen molar-refractivity contribution in [3.8, 4) is 0 Å². The number of sulfonamides is 1. The van der Waals surface area contributed by atoms with Crippen molar-refractivity contribution in [1.82, 2.24) is 4.72 Å². The standard InChI is InChI=1S/C14H14ClNO2S/c1-11-5-4-7-13(9-11)19(17,18)16-10-12-6-2-3-8-14(12)15/h2-9,16H,10H2,1H3. The molecule has 0 saturated carbocycles. The molecule has 0 amide bonds. The normalized spacial score (nSPS) is 11.5. The van der Waals surface area contributed by atoms with Crippen LogP contribution in [0, 0.1) is 6.92 Å². The molecular formula is C14H14ClNO2S. The molecular weight excluding hydrogens is 282 g/mol. The molecule has 3 nitrogen and oxygen atoms in total. The molecule has 1 N–H and O–H groups in total. The molecule has 0 fully saturated rings. The topological polar surface area (TPSA) is 46.2 Å². The second kappa shape index (κ2) is 5.74. The first-order chi connectivity index (χ1) is 8.99. The minimum absolute atomic E-state index is 0.177. The highest BCUT2D eigenvalue weighted by atomic mass is 35.5. The van der Waals surface area contributed by atoms with Crippen molar-refractivity contribution in [1.29, 1.82) is 0 Å². The summed E-state index contributed by atoms with van der Waals surface area (Å²) in [4.78, 5) is 0.263. The van der Waals surface area contributed by atoms with Gasteiger partial charge in [-0.3, -0.25) is 0 Å².